The van der Waals surface area contributed by atoms with E-state index in [4.69, 9.17) is 38.9 Å². The highest BCUT2D eigenvalue weighted by Gasteiger charge is 2.47. The lowest BCUT2D eigenvalue weighted by Gasteiger charge is -2.52. The van der Waals surface area contributed by atoms with Gasteiger partial charge in [-0.3, -0.25) is 19.8 Å². The highest BCUT2D eigenvalue weighted by molar-refractivity contribution is 5.85. The number of benzene rings is 4. The zero-order valence-electron chi connectivity index (χ0n) is 38.6. The Morgan fingerprint density at radius 2 is 1.05 bits per heavy atom. The Bertz CT molecular complexity index is 2680. The molecule has 338 valence electrons. The normalized spacial score (nSPS) is 25.4. The maximum Gasteiger partial charge on any atom is 0.229 e. The zero-order chi connectivity index (χ0) is 44.7. The van der Waals surface area contributed by atoms with Crippen LogP contribution in [0.4, 0.5) is 0 Å². The summed E-state index contributed by atoms with van der Waals surface area (Å²) in [5.41, 5.74) is 6.48. The van der Waals surface area contributed by atoms with Crippen molar-refractivity contribution in [2.75, 3.05) is 40.4 Å². The van der Waals surface area contributed by atoms with Crippen LogP contribution >= 0.6 is 0 Å². The van der Waals surface area contributed by atoms with Crippen molar-refractivity contribution in [3.05, 3.63) is 133 Å². The first-order chi connectivity index (χ1) is 32.5. The van der Waals surface area contributed by atoms with Crippen molar-refractivity contribution >= 4 is 21.8 Å². The summed E-state index contributed by atoms with van der Waals surface area (Å²) in [5.74, 6) is 5.70. The third-order valence-electron chi connectivity index (χ3n) is 15.6. The summed E-state index contributed by atoms with van der Waals surface area (Å²) in [4.78, 5) is 26.0. The standard InChI is InChI=1S/C56H60N6O4/c1-5-35-33-61-27-23-39(35)29-49(61)52(43-21-25-57-47-19-17-41(63-3)31-45(43)47)65-55-51(37-13-9-7-10-14-37)56(60-54(59-55)38-15-11-8-12-16-38)66-53(50-30-40-24-28-62(50)34-36(40)6-2)44-22-26-58-48-20-18-42(64-4)32-46(44)48/h7-22,25-26,31-32,35-36,39-40,49-50,52-53H,5-6,23-24,27-30,33-34H2,1-4H3/t35-,36+,39+,40-,49-,50+,52-,53+. The summed E-state index contributed by atoms with van der Waals surface area (Å²) >= 11 is 0. The van der Waals surface area contributed by atoms with Gasteiger partial charge in [-0.05, 0) is 117 Å². The van der Waals surface area contributed by atoms with Gasteiger partial charge in [-0.15, -0.1) is 0 Å². The number of pyridine rings is 2. The number of nitrogens with zero attached hydrogens (tertiary/aromatic N) is 6. The lowest BCUT2D eigenvalue weighted by molar-refractivity contribution is -0.0510. The average Bonchev–Trinajstić information content (AvgIpc) is 3.39. The molecular formula is C56H60N6O4. The monoisotopic (exact) mass is 880 g/mol. The molecule has 0 radical (unpaired) electrons. The highest BCUT2D eigenvalue weighted by atomic mass is 16.5. The maximum atomic E-state index is 7.76. The minimum atomic E-state index is -0.393. The van der Waals surface area contributed by atoms with Crippen LogP contribution in [-0.4, -0.2) is 82.2 Å². The molecule has 6 saturated heterocycles. The third kappa shape index (κ3) is 7.91. The molecule has 9 heterocycles. The largest absolute Gasteiger partial charge is 0.497 e. The number of rotatable bonds is 14. The molecule has 7 aromatic rings. The van der Waals surface area contributed by atoms with Gasteiger partial charge in [0.2, 0.25) is 11.8 Å². The molecule has 0 N–H and O–H groups in total. The van der Waals surface area contributed by atoms with Crippen molar-refractivity contribution < 1.29 is 18.9 Å². The van der Waals surface area contributed by atoms with Crippen LogP contribution in [0.3, 0.4) is 0 Å². The SMILES string of the molecule is CC[C@@H]1CN2CC[C@H]1C[C@@H]2[C@H](Oc1nc(-c2ccccc2)nc(O[C@@H](c2ccnc3ccc(OC)cc23)[C@@H]2C[C@H]3CCN2C[C@@H]3CC)c1-c1ccccc1)c1ccnc2ccc(OC)cc12. The highest BCUT2D eigenvalue weighted by Crippen LogP contribution is 2.50. The molecule has 10 atom stereocenters. The quantitative estimate of drug-likeness (QED) is 0.105. The first kappa shape index (κ1) is 42.5. The van der Waals surface area contributed by atoms with Gasteiger partial charge in [-0.1, -0.05) is 87.4 Å². The molecule has 4 aromatic carbocycles. The Balaban J connectivity index is 1.13. The summed E-state index contributed by atoms with van der Waals surface area (Å²) in [6, 6.07) is 37.4. The van der Waals surface area contributed by atoms with Gasteiger partial charge < -0.3 is 18.9 Å². The van der Waals surface area contributed by atoms with Gasteiger partial charge in [-0.2, -0.15) is 9.97 Å². The van der Waals surface area contributed by atoms with Crippen LogP contribution in [0.5, 0.6) is 23.3 Å². The molecule has 4 bridgehead atoms. The molecule has 6 aliphatic heterocycles. The second-order valence-electron chi connectivity index (χ2n) is 18.9. The van der Waals surface area contributed by atoms with Crippen molar-refractivity contribution in [1.82, 2.24) is 29.7 Å². The molecule has 0 saturated carbocycles. The second-order valence-corrected chi connectivity index (χ2v) is 18.9. The molecule has 10 heteroatoms. The molecule has 6 aliphatic rings. The van der Waals surface area contributed by atoms with Crippen molar-refractivity contribution in [1.29, 1.82) is 0 Å². The van der Waals surface area contributed by atoms with E-state index in [9.17, 15) is 0 Å². The van der Waals surface area contributed by atoms with Gasteiger partial charge >= 0.3 is 0 Å². The summed E-state index contributed by atoms with van der Waals surface area (Å²) < 4.78 is 27.2. The molecule has 6 fully saturated rings. The van der Waals surface area contributed by atoms with Crippen LogP contribution in [0.25, 0.3) is 44.3 Å². The summed E-state index contributed by atoms with van der Waals surface area (Å²) in [6.45, 7) is 8.88. The average molecular weight is 881 g/mol. The van der Waals surface area contributed by atoms with Crippen LogP contribution in [0, 0.1) is 23.7 Å². The summed E-state index contributed by atoms with van der Waals surface area (Å²) in [7, 11) is 3.44. The molecular weight excluding hydrogens is 821 g/mol. The number of hydrogen-bond acceptors (Lipinski definition) is 10. The van der Waals surface area contributed by atoms with Crippen LogP contribution in [0.1, 0.15) is 75.7 Å². The minimum absolute atomic E-state index is 0.106. The molecule has 3 aromatic heterocycles. The van der Waals surface area contributed by atoms with Crippen molar-refractivity contribution in [3.63, 3.8) is 0 Å². The van der Waals surface area contributed by atoms with Gasteiger partial charge in [0.05, 0.1) is 37.3 Å². The zero-order valence-corrected chi connectivity index (χ0v) is 38.6. The molecule has 13 rings (SSSR count). The molecule has 2 unspecified atom stereocenters. The Hall–Kier alpha value is -6.10. The first-order valence-electron chi connectivity index (χ1n) is 24.2. The lowest BCUT2D eigenvalue weighted by atomic mass is 9.72. The summed E-state index contributed by atoms with van der Waals surface area (Å²) in [6.07, 6.45) is 9.90. The van der Waals surface area contributed by atoms with E-state index < -0.39 is 12.2 Å². The van der Waals surface area contributed by atoms with E-state index in [0.717, 1.165) is 100 Å². The second kappa shape index (κ2) is 18.3. The number of hydrogen-bond donors (Lipinski definition) is 0. The molecule has 0 amide bonds. The Kier molecular flexibility index (Phi) is 11.8. The van der Waals surface area contributed by atoms with E-state index in [2.05, 4.69) is 90.4 Å². The number of methoxy groups -OCH3 is 2. The van der Waals surface area contributed by atoms with E-state index in [1.165, 1.54) is 25.7 Å². The third-order valence-corrected chi connectivity index (χ3v) is 15.6. The first-order valence-corrected chi connectivity index (χ1v) is 24.2. The molecule has 10 nitrogen and oxygen atoms in total. The van der Waals surface area contributed by atoms with Crippen LogP contribution in [0.2, 0.25) is 0 Å². The maximum absolute atomic E-state index is 7.76. The van der Waals surface area contributed by atoms with Gasteiger partial charge in [0.1, 0.15) is 29.3 Å². The van der Waals surface area contributed by atoms with Crippen molar-refractivity contribution in [3.8, 4) is 45.8 Å². The fourth-order valence-electron chi connectivity index (χ4n) is 12.1. The Labute approximate surface area is 388 Å². The fourth-order valence-corrected chi connectivity index (χ4v) is 12.1. The van der Waals surface area contributed by atoms with Gasteiger partial charge in [0.15, 0.2) is 5.82 Å². The van der Waals surface area contributed by atoms with Crippen LogP contribution < -0.4 is 18.9 Å². The van der Waals surface area contributed by atoms with E-state index in [1.807, 2.05) is 54.9 Å². The van der Waals surface area contributed by atoms with Crippen LogP contribution in [-0.2, 0) is 0 Å². The van der Waals surface area contributed by atoms with Gasteiger partial charge in [0, 0.05) is 52.9 Å². The molecule has 0 aliphatic carbocycles. The predicted octanol–water partition coefficient (Wildman–Crippen LogP) is 11.4. The number of piperidine rings is 6. The Morgan fingerprint density at radius 3 is 1.47 bits per heavy atom. The minimum Gasteiger partial charge on any atom is -0.497 e. The van der Waals surface area contributed by atoms with E-state index in [1.54, 1.807) is 14.2 Å². The molecule has 0 spiro atoms. The Morgan fingerprint density at radius 1 is 0.576 bits per heavy atom. The smallest absolute Gasteiger partial charge is 0.229 e. The lowest BCUT2D eigenvalue weighted by Crippen LogP contribution is -2.56. The summed E-state index contributed by atoms with van der Waals surface area (Å²) in [5, 5.41) is 2.02. The van der Waals surface area contributed by atoms with E-state index in [0.29, 0.717) is 41.3 Å². The topological polar surface area (TPSA) is 95.0 Å². The van der Waals surface area contributed by atoms with E-state index in [-0.39, 0.29) is 12.1 Å². The predicted molar refractivity (Wildman–Crippen MR) is 260 cm³/mol. The van der Waals surface area contributed by atoms with Gasteiger partial charge in [-0.25, -0.2) is 0 Å². The van der Waals surface area contributed by atoms with Crippen molar-refractivity contribution in [2.45, 2.75) is 76.7 Å². The number of ether oxygens (including phenoxy) is 4. The number of fused-ring (bicyclic) bond motifs is 8. The van der Waals surface area contributed by atoms with Crippen molar-refractivity contribution in [2.24, 2.45) is 23.7 Å². The molecule has 66 heavy (non-hydrogen) atoms. The number of aromatic nitrogens is 4. The fraction of sp³-hybridized carbons (Fsp3) is 0.393. The van der Waals surface area contributed by atoms with Crippen LogP contribution in [0.15, 0.2) is 122 Å². The van der Waals surface area contributed by atoms with E-state index >= 15 is 0 Å². The van der Waals surface area contributed by atoms with Gasteiger partial charge in [0.25, 0.3) is 0 Å².